The third kappa shape index (κ3) is 2.93. The topological polar surface area (TPSA) is 57.0 Å². The van der Waals surface area contributed by atoms with Crippen LogP contribution in [0.3, 0.4) is 0 Å². The minimum atomic E-state index is -2.62. The lowest BCUT2D eigenvalue weighted by Crippen LogP contribution is -2.11. The number of nitrogens with zero attached hydrogens (tertiary/aromatic N) is 3. The van der Waals surface area contributed by atoms with E-state index in [1.807, 2.05) is 0 Å². The number of hydrogen-bond acceptors (Lipinski definition) is 4. The summed E-state index contributed by atoms with van der Waals surface area (Å²) in [4.78, 5) is 11.6. The first kappa shape index (κ1) is 14.4. The molecule has 0 saturated carbocycles. The van der Waals surface area contributed by atoms with Crippen LogP contribution in [0.4, 0.5) is 8.78 Å². The molecule has 0 aliphatic carbocycles. The van der Waals surface area contributed by atoms with Crippen molar-refractivity contribution in [1.82, 2.24) is 15.0 Å². The fourth-order valence-corrected chi connectivity index (χ4v) is 1.83. The normalized spacial score (nSPS) is 10.8. The monoisotopic (exact) mass is 301 g/mol. The van der Waals surface area contributed by atoms with Gasteiger partial charge in [0.25, 0.3) is 6.43 Å². The van der Waals surface area contributed by atoms with Crippen molar-refractivity contribution in [3.8, 4) is 11.3 Å². The van der Waals surface area contributed by atoms with Gasteiger partial charge in [-0.05, 0) is 12.1 Å². The summed E-state index contributed by atoms with van der Waals surface area (Å²) in [5, 5.41) is 7.68. The van der Waals surface area contributed by atoms with Crippen LogP contribution < -0.4 is 0 Å². The molecule has 8 heteroatoms. The first-order chi connectivity index (χ1) is 9.52. The van der Waals surface area contributed by atoms with E-state index in [2.05, 4.69) is 15.0 Å². The second-order valence-electron chi connectivity index (χ2n) is 3.86. The molecule has 0 amide bonds. The van der Waals surface area contributed by atoms with Gasteiger partial charge in [0.15, 0.2) is 5.69 Å². The largest absolute Gasteiger partial charge is 0.464 e. The van der Waals surface area contributed by atoms with Crippen molar-refractivity contribution in [2.75, 3.05) is 7.11 Å². The number of benzene rings is 1. The summed E-state index contributed by atoms with van der Waals surface area (Å²) in [7, 11) is 1.18. The minimum absolute atomic E-state index is 0.115. The van der Waals surface area contributed by atoms with Gasteiger partial charge in [-0.2, -0.15) is 0 Å². The zero-order valence-electron chi connectivity index (χ0n) is 10.4. The van der Waals surface area contributed by atoms with Gasteiger partial charge in [0, 0.05) is 10.6 Å². The van der Waals surface area contributed by atoms with E-state index >= 15 is 0 Å². The van der Waals surface area contributed by atoms with E-state index in [0.29, 0.717) is 10.6 Å². The highest BCUT2D eigenvalue weighted by Crippen LogP contribution is 2.25. The van der Waals surface area contributed by atoms with E-state index in [9.17, 15) is 13.6 Å². The van der Waals surface area contributed by atoms with Crippen LogP contribution in [0.15, 0.2) is 24.3 Å². The Balaban J connectivity index is 2.53. The third-order valence-corrected chi connectivity index (χ3v) is 2.79. The zero-order chi connectivity index (χ0) is 14.7. The number of methoxy groups -OCH3 is 1. The van der Waals surface area contributed by atoms with Crippen molar-refractivity contribution in [2.45, 2.75) is 13.0 Å². The Morgan fingerprint density at radius 1 is 1.40 bits per heavy atom. The molecule has 106 valence electrons. The summed E-state index contributed by atoms with van der Waals surface area (Å²) in [5.74, 6) is -0.740. The van der Waals surface area contributed by atoms with Crippen molar-refractivity contribution in [1.29, 1.82) is 0 Å². The van der Waals surface area contributed by atoms with Gasteiger partial charge in [0.05, 0.1) is 7.11 Å². The molecule has 0 aliphatic rings. The number of rotatable bonds is 4. The molecule has 2 rings (SSSR count). The second-order valence-corrected chi connectivity index (χ2v) is 4.29. The summed E-state index contributed by atoms with van der Waals surface area (Å²) in [6.45, 7) is -0.665. The maximum absolute atomic E-state index is 12.5. The van der Waals surface area contributed by atoms with Crippen LogP contribution in [0.2, 0.25) is 5.02 Å². The summed E-state index contributed by atoms with van der Waals surface area (Å²) in [5.41, 5.74) is 0.560. The van der Waals surface area contributed by atoms with Crippen molar-refractivity contribution in [3.05, 3.63) is 35.0 Å². The Labute approximate surface area is 118 Å². The lowest BCUT2D eigenvalue weighted by Gasteiger charge is -2.07. The van der Waals surface area contributed by atoms with E-state index in [4.69, 9.17) is 11.6 Å². The van der Waals surface area contributed by atoms with Crippen LogP contribution in [0.1, 0.15) is 10.5 Å². The molecule has 1 heterocycles. The van der Waals surface area contributed by atoms with E-state index < -0.39 is 18.9 Å². The number of halogens is 3. The Bertz CT molecular complexity index is 614. The van der Waals surface area contributed by atoms with Crippen LogP contribution in [0.5, 0.6) is 0 Å². The quantitative estimate of drug-likeness (QED) is 0.815. The first-order valence-corrected chi connectivity index (χ1v) is 5.96. The summed E-state index contributed by atoms with van der Waals surface area (Å²) < 4.78 is 30.6. The Morgan fingerprint density at radius 3 is 2.60 bits per heavy atom. The Kier molecular flexibility index (Phi) is 4.29. The van der Waals surface area contributed by atoms with E-state index in [-0.39, 0.29) is 11.4 Å². The minimum Gasteiger partial charge on any atom is -0.464 e. The number of esters is 1. The molecule has 0 aliphatic heterocycles. The number of alkyl halides is 2. The molecular formula is C12H10ClF2N3O2. The predicted molar refractivity (Wildman–Crippen MR) is 67.8 cm³/mol. The fraction of sp³-hybridized carbons (Fsp3) is 0.250. The average molecular weight is 302 g/mol. The third-order valence-electron chi connectivity index (χ3n) is 2.54. The van der Waals surface area contributed by atoms with Gasteiger partial charge in [0.2, 0.25) is 0 Å². The molecular weight excluding hydrogens is 292 g/mol. The summed E-state index contributed by atoms with van der Waals surface area (Å²) in [6, 6.07) is 6.35. The number of carbonyl (C=O) groups excluding carboxylic acids is 1. The molecule has 0 saturated heterocycles. The molecule has 0 atom stereocenters. The number of aromatic nitrogens is 3. The van der Waals surface area contributed by atoms with Crippen molar-refractivity contribution in [2.24, 2.45) is 0 Å². The molecule has 20 heavy (non-hydrogen) atoms. The van der Waals surface area contributed by atoms with Crippen LogP contribution in [-0.2, 0) is 11.3 Å². The van der Waals surface area contributed by atoms with Crippen LogP contribution in [-0.4, -0.2) is 34.5 Å². The van der Waals surface area contributed by atoms with Gasteiger partial charge in [-0.1, -0.05) is 28.9 Å². The SMILES string of the molecule is COC(=O)c1nnn(CC(F)F)c1-c1ccc(Cl)cc1. The number of carbonyl (C=O) groups is 1. The molecule has 0 unspecified atom stereocenters. The highest BCUT2D eigenvalue weighted by atomic mass is 35.5. The smallest absolute Gasteiger partial charge is 0.360 e. The second kappa shape index (κ2) is 5.96. The van der Waals surface area contributed by atoms with Crippen LogP contribution in [0, 0.1) is 0 Å². The summed E-state index contributed by atoms with van der Waals surface area (Å²) in [6.07, 6.45) is -2.62. The van der Waals surface area contributed by atoms with Crippen molar-refractivity contribution < 1.29 is 18.3 Å². The lowest BCUT2D eigenvalue weighted by atomic mass is 10.1. The number of hydrogen-bond donors (Lipinski definition) is 0. The average Bonchev–Trinajstić information content (AvgIpc) is 2.81. The lowest BCUT2D eigenvalue weighted by molar-refractivity contribution is 0.0594. The Hall–Kier alpha value is -2.02. The highest BCUT2D eigenvalue weighted by Gasteiger charge is 2.23. The van der Waals surface area contributed by atoms with Gasteiger partial charge in [-0.15, -0.1) is 5.10 Å². The van der Waals surface area contributed by atoms with Gasteiger partial charge >= 0.3 is 5.97 Å². The van der Waals surface area contributed by atoms with Gasteiger partial charge < -0.3 is 4.74 Å². The Morgan fingerprint density at radius 2 is 2.05 bits per heavy atom. The van der Waals surface area contributed by atoms with Crippen LogP contribution >= 0.6 is 11.6 Å². The molecule has 1 aromatic heterocycles. The molecule has 5 nitrogen and oxygen atoms in total. The van der Waals surface area contributed by atoms with Crippen LogP contribution in [0.25, 0.3) is 11.3 Å². The maximum Gasteiger partial charge on any atom is 0.360 e. The molecule has 1 aromatic carbocycles. The zero-order valence-corrected chi connectivity index (χ0v) is 11.1. The van der Waals surface area contributed by atoms with Gasteiger partial charge in [0.1, 0.15) is 12.2 Å². The van der Waals surface area contributed by atoms with Gasteiger partial charge in [-0.25, -0.2) is 18.3 Å². The maximum atomic E-state index is 12.5. The van der Waals surface area contributed by atoms with Crippen molar-refractivity contribution in [3.63, 3.8) is 0 Å². The van der Waals surface area contributed by atoms with Crippen molar-refractivity contribution >= 4 is 17.6 Å². The molecule has 0 N–H and O–H groups in total. The molecule has 0 fully saturated rings. The van der Waals surface area contributed by atoms with Gasteiger partial charge in [-0.3, -0.25) is 0 Å². The molecule has 2 aromatic rings. The predicted octanol–water partition coefficient (Wildman–Crippen LogP) is 2.65. The fourth-order valence-electron chi connectivity index (χ4n) is 1.70. The molecule has 0 bridgehead atoms. The first-order valence-electron chi connectivity index (χ1n) is 5.58. The van der Waals surface area contributed by atoms with E-state index in [0.717, 1.165) is 4.68 Å². The summed E-state index contributed by atoms with van der Waals surface area (Å²) >= 11 is 5.78. The van der Waals surface area contributed by atoms with E-state index in [1.165, 1.54) is 7.11 Å². The molecule has 0 spiro atoms. The highest BCUT2D eigenvalue weighted by molar-refractivity contribution is 6.30. The van der Waals surface area contributed by atoms with E-state index in [1.54, 1.807) is 24.3 Å². The molecule has 0 radical (unpaired) electrons. The number of ether oxygens (including phenoxy) is 1. The standard InChI is InChI=1S/C12H10ClF2N3O2/c1-20-12(19)10-11(7-2-4-8(13)5-3-7)18(17-16-10)6-9(14)15/h2-5,9H,6H2,1H3.